The first-order valence-electron chi connectivity index (χ1n) is 7.95. The lowest BCUT2D eigenvalue weighted by Gasteiger charge is -2.13. The van der Waals surface area contributed by atoms with Crippen molar-refractivity contribution in [1.29, 1.82) is 0 Å². The highest BCUT2D eigenvalue weighted by Crippen LogP contribution is 2.19. The Balaban J connectivity index is 1.72. The maximum absolute atomic E-state index is 12.5. The van der Waals surface area contributed by atoms with Crippen LogP contribution in [0, 0.1) is 0 Å². The molecule has 130 valence electrons. The maximum Gasteiger partial charge on any atom is 0.314 e. The van der Waals surface area contributed by atoms with Crippen LogP contribution in [-0.2, 0) is 13.5 Å². The summed E-state index contributed by atoms with van der Waals surface area (Å²) in [5.74, 6) is 0.425. The van der Waals surface area contributed by atoms with E-state index in [2.05, 4.69) is 21.5 Å². The van der Waals surface area contributed by atoms with Crippen molar-refractivity contribution in [3.63, 3.8) is 0 Å². The number of methoxy groups -OCH3 is 1. The number of aryl methyl sites for hydroxylation is 1. The fourth-order valence-electron chi connectivity index (χ4n) is 2.56. The van der Waals surface area contributed by atoms with Crippen LogP contribution in [0.15, 0.2) is 41.8 Å². The number of benzene rings is 1. The van der Waals surface area contributed by atoms with Gasteiger partial charge in [0.15, 0.2) is 5.82 Å². The number of amides is 1. The van der Waals surface area contributed by atoms with Crippen LogP contribution < -0.4 is 10.1 Å². The maximum atomic E-state index is 12.5. The largest absolute Gasteiger partial charge is 0.467 e. The molecule has 2 heterocycles. The molecule has 0 aliphatic heterocycles. The number of carbonyl (C=O) groups excluding carboxylic acids is 1. The van der Waals surface area contributed by atoms with Crippen LogP contribution in [0.25, 0.3) is 11.4 Å². The van der Waals surface area contributed by atoms with E-state index in [1.54, 1.807) is 42.3 Å². The highest BCUT2D eigenvalue weighted by molar-refractivity contribution is 7.09. The van der Waals surface area contributed by atoms with Crippen LogP contribution in [0.4, 0.5) is 0 Å². The first kappa shape index (κ1) is 17.2. The summed E-state index contributed by atoms with van der Waals surface area (Å²) in [4.78, 5) is 18.1. The number of aromatic nitrogens is 3. The third-order valence-corrected chi connectivity index (χ3v) is 4.65. The van der Waals surface area contributed by atoms with Crippen LogP contribution in [0.1, 0.15) is 22.2 Å². The second-order valence-corrected chi connectivity index (χ2v) is 6.82. The number of hydrogen-bond acceptors (Lipinski definition) is 5. The molecule has 6 nitrogen and oxygen atoms in total. The third-order valence-electron chi connectivity index (χ3n) is 3.75. The second-order valence-electron chi connectivity index (χ2n) is 5.78. The smallest absolute Gasteiger partial charge is 0.314 e. The summed E-state index contributed by atoms with van der Waals surface area (Å²) in [5.41, 5.74) is 1.36. The molecule has 1 atom stereocenters. The molecule has 0 aliphatic rings. The van der Waals surface area contributed by atoms with Gasteiger partial charge in [-0.3, -0.25) is 4.79 Å². The Kier molecular flexibility index (Phi) is 5.14. The zero-order valence-corrected chi connectivity index (χ0v) is 15.2. The highest BCUT2D eigenvalue weighted by Gasteiger charge is 2.14. The number of thiophene rings is 1. The Morgan fingerprint density at radius 2 is 2.20 bits per heavy atom. The summed E-state index contributed by atoms with van der Waals surface area (Å²) >= 11 is 1.70. The lowest BCUT2D eigenvalue weighted by Crippen LogP contribution is -2.33. The molecule has 3 rings (SSSR count). The molecule has 0 spiro atoms. The topological polar surface area (TPSA) is 69.0 Å². The monoisotopic (exact) mass is 356 g/mol. The average Bonchev–Trinajstić information content (AvgIpc) is 3.24. The van der Waals surface area contributed by atoms with Crippen molar-refractivity contribution >= 4 is 17.2 Å². The van der Waals surface area contributed by atoms with Crippen LogP contribution in [0.5, 0.6) is 6.01 Å². The number of nitrogens with one attached hydrogen (secondary N) is 1. The van der Waals surface area contributed by atoms with Crippen molar-refractivity contribution in [2.45, 2.75) is 19.4 Å². The number of carbonyl (C=O) groups is 1. The van der Waals surface area contributed by atoms with Gasteiger partial charge in [0.1, 0.15) is 0 Å². The predicted molar refractivity (Wildman–Crippen MR) is 97.9 cm³/mol. The molecule has 1 unspecified atom stereocenters. The van der Waals surface area contributed by atoms with E-state index in [1.807, 2.05) is 30.5 Å². The van der Waals surface area contributed by atoms with E-state index in [0.29, 0.717) is 17.4 Å². The van der Waals surface area contributed by atoms with Gasteiger partial charge in [-0.15, -0.1) is 16.4 Å². The summed E-state index contributed by atoms with van der Waals surface area (Å²) in [6.07, 6.45) is 0.822. The molecule has 1 aromatic carbocycles. The Morgan fingerprint density at radius 1 is 1.36 bits per heavy atom. The molecule has 1 N–H and O–H groups in total. The van der Waals surface area contributed by atoms with Crippen LogP contribution in [0.2, 0.25) is 0 Å². The summed E-state index contributed by atoms with van der Waals surface area (Å²) in [6, 6.07) is 11.9. The number of nitrogens with zero attached hydrogens (tertiary/aromatic N) is 3. The van der Waals surface area contributed by atoms with Crippen molar-refractivity contribution in [2.24, 2.45) is 7.05 Å². The quantitative estimate of drug-likeness (QED) is 0.737. The van der Waals surface area contributed by atoms with Crippen molar-refractivity contribution in [3.05, 3.63) is 52.2 Å². The lowest BCUT2D eigenvalue weighted by molar-refractivity contribution is 0.0940. The van der Waals surface area contributed by atoms with Crippen LogP contribution >= 0.6 is 11.3 Å². The van der Waals surface area contributed by atoms with Gasteiger partial charge in [-0.1, -0.05) is 18.2 Å². The van der Waals surface area contributed by atoms with Crippen molar-refractivity contribution < 1.29 is 9.53 Å². The van der Waals surface area contributed by atoms with Gasteiger partial charge >= 0.3 is 6.01 Å². The van der Waals surface area contributed by atoms with Gasteiger partial charge in [0.2, 0.25) is 0 Å². The minimum atomic E-state index is -0.103. The number of ether oxygens (including phenoxy) is 1. The molecule has 0 radical (unpaired) electrons. The molecule has 25 heavy (non-hydrogen) atoms. The van der Waals surface area contributed by atoms with Crippen LogP contribution in [0.3, 0.4) is 0 Å². The highest BCUT2D eigenvalue weighted by atomic mass is 32.1. The molecule has 7 heteroatoms. The fraction of sp³-hybridized carbons (Fsp3) is 0.278. The second kappa shape index (κ2) is 7.48. The van der Waals surface area contributed by atoms with E-state index >= 15 is 0 Å². The first-order valence-corrected chi connectivity index (χ1v) is 8.83. The molecule has 0 saturated carbocycles. The van der Waals surface area contributed by atoms with Crippen molar-refractivity contribution in [2.75, 3.05) is 7.11 Å². The predicted octanol–water partition coefficient (Wildman–Crippen LogP) is 2.91. The summed E-state index contributed by atoms with van der Waals surface area (Å²) in [7, 11) is 3.31. The normalized spacial score (nSPS) is 12.0. The van der Waals surface area contributed by atoms with Crippen molar-refractivity contribution in [3.8, 4) is 17.4 Å². The Labute approximate surface area is 150 Å². The van der Waals surface area contributed by atoms with Crippen LogP contribution in [-0.4, -0.2) is 33.8 Å². The number of hydrogen-bond donors (Lipinski definition) is 1. The van der Waals surface area contributed by atoms with E-state index in [0.717, 1.165) is 12.0 Å². The van der Waals surface area contributed by atoms with Gasteiger partial charge < -0.3 is 10.1 Å². The molecule has 0 aliphatic carbocycles. The Hall–Kier alpha value is -2.67. The van der Waals surface area contributed by atoms with Gasteiger partial charge in [-0.2, -0.15) is 4.98 Å². The molecule has 3 aromatic rings. The van der Waals surface area contributed by atoms with E-state index in [1.165, 1.54) is 4.88 Å². The van der Waals surface area contributed by atoms with Gasteiger partial charge in [0, 0.05) is 35.5 Å². The lowest BCUT2D eigenvalue weighted by atomic mass is 10.1. The van der Waals surface area contributed by atoms with Gasteiger partial charge in [-0.05, 0) is 30.5 Å². The molecular weight excluding hydrogens is 336 g/mol. The van der Waals surface area contributed by atoms with E-state index in [-0.39, 0.29) is 11.9 Å². The van der Waals surface area contributed by atoms with Gasteiger partial charge in [-0.25, -0.2) is 4.68 Å². The van der Waals surface area contributed by atoms with Crippen molar-refractivity contribution in [1.82, 2.24) is 20.1 Å². The summed E-state index contributed by atoms with van der Waals surface area (Å²) in [5, 5.41) is 9.39. The van der Waals surface area contributed by atoms with E-state index < -0.39 is 0 Å². The van der Waals surface area contributed by atoms with E-state index in [9.17, 15) is 4.79 Å². The van der Waals surface area contributed by atoms with Gasteiger partial charge in [0.25, 0.3) is 5.91 Å². The Bertz CT molecular complexity index is 858. The van der Waals surface area contributed by atoms with E-state index in [4.69, 9.17) is 4.74 Å². The number of rotatable bonds is 6. The standard InChI is InChI=1S/C18H20N4O2S/c1-12(10-15-8-5-9-25-15)19-17(23)14-7-4-6-13(11-14)16-20-18(24-3)22(2)21-16/h4-9,11-12H,10H2,1-3H3,(H,19,23). The Morgan fingerprint density at radius 3 is 2.88 bits per heavy atom. The molecular formula is C18H20N4O2S. The minimum absolute atomic E-state index is 0.0582. The SMILES string of the molecule is COc1nc(-c2cccc(C(=O)NC(C)Cc3cccs3)c2)nn1C. The van der Waals surface area contributed by atoms with Gasteiger partial charge in [0.05, 0.1) is 7.11 Å². The molecule has 1 amide bonds. The summed E-state index contributed by atoms with van der Waals surface area (Å²) < 4.78 is 6.70. The average molecular weight is 356 g/mol. The third kappa shape index (κ3) is 4.06. The molecule has 0 saturated heterocycles. The minimum Gasteiger partial charge on any atom is -0.467 e. The summed E-state index contributed by atoms with van der Waals surface area (Å²) in [6.45, 7) is 2.01. The zero-order valence-electron chi connectivity index (χ0n) is 14.4. The zero-order chi connectivity index (χ0) is 17.8. The molecule has 0 bridgehead atoms. The fourth-order valence-corrected chi connectivity index (χ4v) is 3.39. The molecule has 0 fully saturated rings. The first-order chi connectivity index (χ1) is 12.1. The molecule has 2 aromatic heterocycles.